The molecule has 4 heteroatoms. The summed E-state index contributed by atoms with van der Waals surface area (Å²) in [6.07, 6.45) is 0. The van der Waals surface area contributed by atoms with E-state index in [1.54, 1.807) is 0 Å². The van der Waals surface area contributed by atoms with Crippen LogP contribution in [0.5, 0.6) is 5.75 Å². The zero-order chi connectivity index (χ0) is 19.9. The number of nitrogens with zero attached hydrogens (tertiary/aromatic N) is 3. The van der Waals surface area contributed by atoms with Gasteiger partial charge >= 0.3 is 0 Å². The van der Waals surface area contributed by atoms with Crippen molar-refractivity contribution in [2.75, 3.05) is 37.7 Å². The van der Waals surface area contributed by atoms with E-state index in [0.717, 1.165) is 48.5 Å². The van der Waals surface area contributed by atoms with E-state index in [9.17, 15) is 0 Å². The SMILES string of the molecule is CCOc1ccc2nc(C)cc(N(CCN(CC)CC)c3ccccc3)c2c1. The smallest absolute Gasteiger partial charge is 0.120 e. The number of ether oxygens (including phenoxy) is 1. The highest BCUT2D eigenvalue weighted by molar-refractivity contribution is 5.95. The number of para-hydroxylation sites is 1. The first-order valence-corrected chi connectivity index (χ1v) is 10.2. The molecule has 0 atom stereocenters. The summed E-state index contributed by atoms with van der Waals surface area (Å²) >= 11 is 0. The number of aromatic nitrogens is 1. The quantitative estimate of drug-likeness (QED) is 0.498. The Bertz CT molecular complexity index is 891. The maximum Gasteiger partial charge on any atom is 0.120 e. The number of anilines is 2. The fourth-order valence-corrected chi connectivity index (χ4v) is 3.57. The van der Waals surface area contributed by atoms with Crippen LogP contribution in [0.3, 0.4) is 0 Å². The van der Waals surface area contributed by atoms with Gasteiger partial charge in [-0.3, -0.25) is 4.98 Å². The standard InChI is InChI=1S/C24H31N3O/c1-5-26(6-2)15-16-27(20-11-9-8-10-12-20)24-17-19(4)25-23-14-13-21(28-7-3)18-22(23)24/h8-14,17-18H,5-7,15-16H2,1-4H3. The number of benzene rings is 2. The number of pyridine rings is 1. The molecule has 148 valence electrons. The zero-order valence-corrected chi connectivity index (χ0v) is 17.5. The Morgan fingerprint density at radius 1 is 0.893 bits per heavy atom. The van der Waals surface area contributed by atoms with Crippen LogP contribution in [0.15, 0.2) is 54.6 Å². The van der Waals surface area contributed by atoms with Gasteiger partial charge in [-0.15, -0.1) is 0 Å². The molecule has 0 N–H and O–H groups in total. The fraction of sp³-hybridized carbons (Fsp3) is 0.375. The molecule has 0 radical (unpaired) electrons. The number of hydrogen-bond donors (Lipinski definition) is 0. The van der Waals surface area contributed by atoms with Crippen molar-refractivity contribution < 1.29 is 4.74 Å². The molecule has 0 aliphatic rings. The van der Waals surface area contributed by atoms with E-state index in [2.05, 4.69) is 79.1 Å². The Balaban J connectivity index is 2.09. The lowest BCUT2D eigenvalue weighted by atomic mass is 10.1. The second kappa shape index (κ2) is 9.56. The van der Waals surface area contributed by atoms with Gasteiger partial charge in [-0.1, -0.05) is 32.0 Å². The minimum atomic E-state index is 0.657. The largest absolute Gasteiger partial charge is 0.494 e. The minimum absolute atomic E-state index is 0.657. The molecular weight excluding hydrogens is 346 g/mol. The summed E-state index contributed by atoms with van der Waals surface area (Å²) in [4.78, 5) is 9.61. The van der Waals surface area contributed by atoms with Crippen molar-refractivity contribution in [3.8, 4) is 5.75 Å². The monoisotopic (exact) mass is 377 g/mol. The lowest BCUT2D eigenvalue weighted by molar-refractivity contribution is 0.312. The van der Waals surface area contributed by atoms with Gasteiger partial charge in [0.15, 0.2) is 0 Å². The van der Waals surface area contributed by atoms with E-state index in [1.807, 2.05) is 13.0 Å². The van der Waals surface area contributed by atoms with Gasteiger partial charge in [0.05, 0.1) is 17.8 Å². The summed E-state index contributed by atoms with van der Waals surface area (Å²) in [6, 6.07) is 19.0. The summed E-state index contributed by atoms with van der Waals surface area (Å²) in [5, 5.41) is 1.12. The van der Waals surface area contributed by atoms with E-state index in [0.29, 0.717) is 6.61 Å². The van der Waals surface area contributed by atoms with Crippen molar-refractivity contribution in [2.24, 2.45) is 0 Å². The van der Waals surface area contributed by atoms with Crippen LogP contribution in [-0.4, -0.2) is 42.7 Å². The van der Waals surface area contributed by atoms with Gasteiger partial charge in [0.1, 0.15) is 5.75 Å². The van der Waals surface area contributed by atoms with Crippen LogP contribution >= 0.6 is 0 Å². The molecule has 0 bridgehead atoms. The molecule has 1 aromatic heterocycles. The maximum atomic E-state index is 5.76. The van der Waals surface area contributed by atoms with Crippen molar-refractivity contribution in [2.45, 2.75) is 27.7 Å². The third-order valence-electron chi connectivity index (χ3n) is 5.09. The van der Waals surface area contributed by atoms with Gasteiger partial charge in [0.2, 0.25) is 0 Å². The molecule has 2 aromatic carbocycles. The number of likely N-dealkylation sites (N-methyl/N-ethyl adjacent to an activating group) is 1. The highest BCUT2D eigenvalue weighted by atomic mass is 16.5. The van der Waals surface area contributed by atoms with Crippen molar-refractivity contribution in [3.05, 3.63) is 60.3 Å². The highest BCUT2D eigenvalue weighted by Gasteiger charge is 2.16. The number of fused-ring (bicyclic) bond motifs is 1. The molecule has 0 saturated heterocycles. The molecule has 0 amide bonds. The van der Waals surface area contributed by atoms with E-state index in [1.165, 1.54) is 11.4 Å². The average molecular weight is 378 g/mol. The molecule has 3 aromatic rings. The van der Waals surface area contributed by atoms with Crippen molar-refractivity contribution >= 4 is 22.3 Å². The molecule has 0 fully saturated rings. The fourth-order valence-electron chi connectivity index (χ4n) is 3.57. The number of aryl methyl sites for hydroxylation is 1. The first-order valence-electron chi connectivity index (χ1n) is 10.2. The van der Waals surface area contributed by atoms with Crippen molar-refractivity contribution in [1.29, 1.82) is 0 Å². The molecule has 0 spiro atoms. The van der Waals surface area contributed by atoms with Crippen LogP contribution in [-0.2, 0) is 0 Å². The second-order valence-corrected chi connectivity index (χ2v) is 6.91. The number of hydrogen-bond acceptors (Lipinski definition) is 4. The molecule has 3 rings (SSSR count). The van der Waals surface area contributed by atoms with Crippen LogP contribution in [0.4, 0.5) is 11.4 Å². The molecule has 28 heavy (non-hydrogen) atoms. The van der Waals surface area contributed by atoms with E-state index in [-0.39, 0.29) is 0 Å². The Kier molecular flexibility index (Phi) is 6.88. The van der Waals surface area contributed by atoms with E-state index < -0.39 is 0 Å². The van der Waals surface area contributed by atoms with Gasteiger partial charge in [0, 0.05) is 29.9 Å². The summed E-state index contributed by atoms with van der Waals surface area (Å²) in [5.41, 5.74) is 4.41. The van der Waals surface area contributed by atoms with Gasteiger partial charge in [-0.05, 0) is 63.3 Å². The molecule has 0 aliphatic heterocycles. The minimum Gasteiger partial charge on any atom is -0.494 e. The van der Waals surface area contributed by atoms with Crippen molar-refractivity contribution in [1.82, 2.24) is 9.88 Å². The lowest BCUT2D eigenvalue weighted by Crippen LogP contribution is -2.33. The summed E-state index contributed by atoms with van der Waals surface area (Å²) in [6.45, 7) is 13.2. The zero-order valence-electron chi connectivity index (χ0n) is 17.5. The normalized spacial score (nSPS) is 11.2. The van der Waals surface area contributed by atoms with Crippen LogP contribution in [0.25, 0.3) is 10.9 Å². The first-order chi connectivity index (χ1) is 13.7. The third kappa shape index (κ3) is 4.63. The second-order valence-electron chi connectivity index (χ2n) is 6.91. The maximum absolute atomic E-state index is 5.76. The first kappa shape index (κ1) is 20.2. The molecule has 4 nitrogen and oxygen atoms in total. The van der Waals surface area contributed by atoms with Crippen LogP contribution in [0, 0.1) is 6.92 Å². The van der Waals surface area contributed by atoms with Gasteiger partial charge < -0.3 is 14.5 Å². The highest BCUT2D eigenvalue weighted by Crippen LogP contribution is 2.34. The van der Waals surface area contributed by atoms with Crippen LogP contribution < -0.4 is 9.64 Å². The Morgan fingerprint density at radius 3 is 2.32 bits per heavy atom. The van der Waals surface area contributed by atoms with E-state index in [4.69, 9.17) is 9.72 Å². The molecule has 0 unspecified atom stereocenters. The topological polar surface area (TPSA) is 28.6 Å². The predicted octanol–water partition coefficient (Wildman–Crippen LogP) is 5.42. The molecule has 0 saturated carbocycles. The molecule has 1 heterocycles. The number of rotatable bonds is 9. The van der Waals surface area contributed by atoms with Crippen LogP contribution in [0.2, 0.25) is 0 Å². The van der Waals surface area contributed by atoms with Gasteiger partial charge in [0.25, 0.3) is 0 Å². The van der Waals surface area contributed by atoms with Crippen molar-refractivity contribution in [3.63, 3.8) is 0 Å². The predicted molar refractivity (Wildman–Crippen MR) is 119 cm³/mol. The summed E-state index contributed by atoms with van der Waals surface area (Å²) in [7, 11) is 0. The van der Waals surface area contributed by atoms with Crippen LogP contribution in [0.1, 0.15) is 26.5 Å². The van der Waals surface area contributed by atoms with E-state index >= 15 is 0 Å². The van der Waals surface area contributed by atoms with Gasteiger partial charge in [-0.2, -0.15) is 0 Å². The lowest BCUT2D eigenvalue weighted by Gasteiger charge is -2.29. The Labute approximate surface area is 168 Å². The summed E-state index contributed by atoms with van der Waals surface area (Å²) in [5.74, 6) is 0.888. The average Bonchev–Trinajstić information content (AvgIpc) is 2.72. The third-order valence-corrected chi connectivity index (χ3v) is 5.09. The van der Waals surface area contributed by atoms with Gasteiger partial charge in [-0.25, -0.2) is 0 Å². The Hall–Kier alpha value is -2.59. The molecular formula is C24H31N3O. The summed E-state index contributed by atoms with van der Waals surface area (Å²) < 4.78 is 5.76. The molecule has 0 aliphatic carbocycles. The Morgan fingerprint density at radius 2 is 1.64 bits per heavy atom.